The Morgan fingerprint density at radius 3 is 2.37 bits per heavy atom. The van der Waals surface area contributed by atoms with E-state index >= 15 is 0 Å². The number of sulfonamides is 1. The van der Waals surface area contributed by atoms with Gasteiger partial charge in [0, 0.05) is 26.6 Å². The number of carbonyl (C=O) groups excluding carboxylic acids is 1. The van der Waals surface area contributed by atoms with Crippen molar-refractivity contribution in [2.45, 2.75) is 32.1 Å². The minimum atomic E-state index is -3.64. The molecule has 0 unspecified atom stereocenters. The molecule has 7 heteroatoms. The molecule has 0 saturated heterocycles. The Labute approximate surface area is 160 Å². The monoisotopic (exact) mass is 392 g/mol. The number of hydrogen-bond acceptors (Lipinski definition) is 3. The van der Waals surface area contributed by atoms with Crippen molar-refractivity contribution < 1.29 is 17.6 Å². The highest BCUT2D eigenvalue weighted by Crippen LogP contribution is 2.16. The lowest BCUT2D eigenvalue weighted by molar-refractivity contribution is -0.128. The Bertz CT molecular complexity index is 896. The Kier molecular flexibility index (Phi) is 7.10. The number of nitrogens with zero attached hydrogens (tertiary/aromatic N) is 1. The van der Waals surface area contributed by atoms with Crippen LogP contribution in [0.3, 0.4) is 0 Å². The van der Waals surface area contributed by atoms with Gasteiger partial charge in [-0.3, -0.25) is 4.79 Å². The Morgan fingerprint density at radius 1 is 1.07 bits per heavy atom. The van der Waals surface area contributed by atoms with Crippen molar-refractivity contribution in [3.8, 4) is 0 Å². The lowest BCUT2D eigenvalue weighted by Gasteiger charge is -2.21. The van der Waals surface area contributed by atoms with Crippen LogP contribution in [0.25, 0.3) is 0 Å². The van der Waals surface area contributed by atoms with Crippen molar-refractivity contribution in [3.63, 3.8) is 0 Å². The molecule has 0 atom stereocenters. The smallest absolute Gasteiger partial charge is 0.240 e. The molecular formula is C20H25FN2O3S. The summed E-state index contributed by atoms with van der Waals surface area (Å²) < 4.78 is 40.6. The molecule has 146 valence electrons. The minimum absolute atomic E-state index is 0.124. The van der Waals surface area contributed by atoms with Crippen molar-refractivity contribution >= 4 is 15.9 Å². The number of nitrogens with one attached hydrogen (secondary N) is 1. The van der Waals surface area contributed by atoms with Crippen molar-refractivity contribution in [2.24, 2.45) is 0 Å². The van der Waals surface area contributed by atoms with Crippen molar-refractivity contribution in [1.82, 2.24) is 9.62 Å². The van der Waals surface area contributed by atoms with E-state index in [4.69, 9.17) is 0 Å². The summed E-state index contributed by atoms with van der Waals surface area (Å²) in [5, 5.41) is 0. The maximum absolute atomic E-state index is 13.0. The number of benzene rings is 2. The van der Waals surface area contributed by atoms with Gasteiger partial charge in [0.25, 0.3) is 0 Å². The number of hydrogen-bond donors (Lipinski definition) is 1. The summed E-state index contributed by atoms with van der Waals surface area (Å²) in [5.74, 6) is -0.439. The van der Waals surface area contributed by atoms with Crippen molar-refractivity contribution in [1.29, 1.82) is 0 Å². The fourth-order valence-corrected chi connectivity index (χ4v) is 4.08. The number of halogens is 1. The first-order valence-electron chi connectivity index (χ1n) is 8.76. The molecule has 1 N–H and O–H groups in total. The third-order valence-corrected chi connectivity index (χ3v) is 5.94. The summed E-state index contributed by atoms with van der Waals surface area (Å²) in [6.07, 6.45) is 0.573. The second-order valence-corrected chi connectivity index (χ2v) is 8.28. The number of rotatable bonds is 8. The molecule has 27 heavy (non-hydrogen) atoms. The summed E-state index contributed by atoms with van der Waals surface area (Å²) in [5.41, 5.74) is 2.46. The molecule has 2 rings (SSSR count). The van der Waals surface area contributed by atoms with Crippen LogP contribution in [0.1, 0.15) is 23.6 Å². The largest absolute Gasteiger partial charge is 0.341 e. The highest BCUT2D eigenvalue weighted by Gasteiger charge is 2.17. The lowest BCUT2D eigenvalue weighted by atomic mass is 10.1. The molecule has 0 fully saturated rings. The molecule has 0 spiro atoms. The summed E-state index contributed by atoms with van der Waals surface area (Å²) in [7, 11) is -3.64. The average Bonchev–Trinajstić information content (AvgIpc) is 2.61. The normalized spacial score (nSPS) is 11.4. The van der Waals surface area contributed by atoms with E-state index in [1.807, 2.05) is 13.0 Å². The van der Waals surface area contributed by atoms with Crippen LogP contribution < -0.4 is 4.72 Å². The van der Waals surface area contributed by atoms with Crippen LogP contribution in [0, 0.1) is 19.7 Å². The van der Waals surface area contributed by atoms with Gasteiger partial charge in [-0.15, -0.1) is 0 Å². The molecule has 2 aromatic carbocycles. The van der Waals surface area contributed by atoms with E-state index in [2.05, 4.69) is 4.72 Å². The summed E-state index contributed by atoms with van der Waals surface area (Å²) in [6.45, 7) is 5.86. The Morgan fingerprint density at radius 2 is 1.74 bits per heavy atom. The fourth-order valence-electron chi connectivity index (χ4n) is 2.73. The molecule has 0 saturated carbocycles. The maximum atomic E-state index is 13.0. The van der Waals surface area contributed by atoms with Gasteiger partial charge in [-0.25, -0.2) is 17.5 Å². The molecule has 0 heterocycles. The van der Waals surface area contributed by atoms with Gasteiger partial charge in [-0.05, 0) is 55.2 Å². The third kappa shape index (κ3) is 6.15. The predicted octanol–water partition coefficient (Wildman–Crippen LogP) is 2.81. The van der Waals surface area contributed by atoms with Crippen LogP contribution in [-0.4, -0.2) is 38.9 Å². The zero-order valence-corrected chi connectivity index (χ0v) is 16.6. The van der Waals surface area contributed by atoms with Gasteiger partial charge in [0.05, 0.1) is 4.90 Å². The van der Waals surface area contributed by atoms with E-state index < -0.39 is 10.0 Å². The van der Waals surface area contributed by atoms with Crippen LogP contribution in [0.5, 0.6) is 0 Å². The first kappa shape index (κ1) is 21.1. The molecule has 0 aliphatic carbocycles. The average molecular weight is 392 g/mol. The van der Waals surface area contributed by atoms with Gasteiger partial charge in [-0.1, -0.05) is 24.3 Å². The number of carbonyl (C=O) groups is 1. The summed E-state index contributed by atoms with van der Waals surface area (Å²) in [6, 6.07) is 11.4. The zero-order chi connectivity index (χ0) is 20.0. The molecule has 0 radical (unpaired) electrons. The molecule has 2 aromatic rings. The Balaban J connectivity index is 1.94. The number of amides is 1. The zero-order valence-electron chi connectivity index (χ0n) is 15.8. The van der Waals surface area contributed by atoms with Crippen LogP contribution in [0.2, 0.25) is 0 Å². The van der Waals surface area contributed by atoms with E-state index in [1.165, 1.54) is 19.1 Å². The van der Waals surface area contributed by atoms with E-state index in [0.717, 1.165) is 11.1 Å². The highest BCUT2D eigenvalue weighted by molar-refractivity contribution is 7.89. The van der Waals surface area contributed by atoms with E-state index in [1.54, 1.807) is 36.1 Å². The second kappa shape index (κ2) is 9.10. The topological polar surface area (TPSA) is 66.5 Å². The van der Waals surface area contributed by atoms with E-state index in [-0.39, 0.29) is 29.7 Å². The summed E-state index contributed by atoms with van der Waals surface area (Å²) in [4.78, 5) is 13.7. The number of aryl methyl sites for hydroxylation is 2. The molecule has 0 bridgehead atoms. The first-order chi connectivity index (χ1) is 12.7. The molecular weight excluding hydrogens is 367 g/mol. The molecule has 0 aliphatic rings. The van der Waals surface area contributed by atoms with Crippen molar-refractivity contribution in [2.75, 3.05) is 19.6 Å². The third-order valence-electron chi connectivity index (χ3n) is 4.34. The predicted molar refractivity (Wildman–Crippen MR) is 103 cm³/mol. The van der Waals surface area contributed by atoms with Gasteiger partial charge in [0.1, 0.15) is 5.82 Å². The molecule has 0 aliphatic heterocycles. The van der Waals surface area contributed by atoms with Gasteiger partial charge in [-0.2, -0.15) is 0 Å². The minimum Gasteiger partial charge on any atom is -0.341 e. The van der Waals surface area contributed by atoms with Crippen molar-refractivity contribution in [3.05, 3.63) is 65.0 Å². The second-order valence-electron chi connectivity index (χ2n) is 6.55. The van der Waals surface area contributed by atoms with Crippen LogP contribution in [0.4, 0.5) is 4.39 Å². The molecule has 0 aromatic heterocycles. The maximum Gasteiger partial charge on any atom is 0.240 e. The van der Waals surface area contributed by atoms with Gasteiger partial charge in [0.2, 0.25) is 15.9 Å². The quantitative estimate of drug-likeness (QED) is 0.751. The van der Waals surface area contributed by atoms with Crippen LogP contribution >= 0.6 is 0 Å². The van der Waals surface area contributed by atoms with Crippen LogP contribution in [-0.2, 0) is 21.2 Å². The van der Waals surface area contributed by atoms with Gasteiger partial charge >= 0.3 is 0 Å². The SMILES string of the molecule is CC(=O)N(CCNS(=O)(=O)c1cc(C)ccc1C)CCc1ccc(F)cc1. The standard InChI is InChI=1S/C20H25FN2O3S/c1-15-4-5-16(2)20(14-15)27(25,26)22-11-13-23(17(3)24)12-10-18-6-8-19(21)9-7-18/h4-9,14,22H,10-13H2,1-3H3. The van der Waals surface area contributed by atoms with E-state index in [0.29, 0.717) is 18.5 Å². The molecule has 1 amide bonds. The van der Waals surface area contributed by atoms with Gasteiger partial charge < -0.3 is 4.90 Å². The fraction of sp³-hybridized carbons (Fsp3) is 0.350. The van der Waals surface area contributed by atoms with Gasteiger partial charge in [0.15, 0.2) is 0 Å². The summed E-state index contributed by atoms with van der Waals surface area (Å²) >= 11 is 0. The molecule has 5 nitrogen and oxygen atoms in total. The van der Waals surface area contributed by atoms with Crippen LogP contribution in [0.15, 0.2) is 47.4 Å². The Hall–Kier alpha value is -2.25. The lowest BCUT2D eigenvalue weighted by Crippen LogP contribution is -2.38. The highest BCUT2D eigenvalue weighted by atomic mass is 32.2. The van der Waals surface area contributed by atoms with E-state index in [9.17, 15) is 17.6 Å². The first-order valence-corrected chi connectivity index (χ1v) is 10.2.